The Morgan fingerprint density at radius 1 is 0.677 bits per heavy atom. The van der Waals surface area contributed by atoms with Gasteiger partial charge in [-0.2, -0.15) is 20.1 Å². The van der Waals surface area contributed by atoms with Gasteiger partial charge in [-0.15, -0.1) is 0 Å². The van der Waals surface area contributed by atoms with E-state index in [0.29, 0.717) is 17.6 Å². The van der Waals surface area contributed by atoms with Crippen LogP contribution in [0.4, 0.5) is 33.6 Å². The van der Waals surface area contributed by atoms with Gasteiger partial charge in [0.05, 0.1) is 5.71 Å². The predicted molar refractivity (Wildman–Crippen MR) is 122 cm³/mol. The Morgan fingerprint density at radius 2 is 1.16 bits per heavy atom. The first kappa shape index (κ1) is 20.0. The lowest BCUT2D eigenvalue weighted by Gasteiger charge is -2.10. The van der Waals surface area contributed by atoms with Crippen molar-refractivity contribution in [3.63, 3.8) is 0 Å². The molecule has 0 fully saturated rings. The molecular weight excluding hydrogens is 393 g/mol. The third-order valence-electron chi connectivity index (χ3n) is 4.28. The number of benzene rings is 3. The van der Waals surface area contributed by atoms with Crippen molar-refractivity contribution in [1.82, 2.24) is 15.0 Å². The molecule has 7 nitrogen and oxygen atoms in total. The van der Waals surface area contributed by atoms with Crippen molar-refractivity contribution in [1.29, 1.82) is 0 Å². The Balaban J connectivity index is 1.60. The maximum Gasteiger partial charge on any atom is 0.250 e. The Morgan fingerprint density at radius 3 is 1.68 bits per heavy atom. The summed E-state index contributed by atoms with van der Waals surface area (Å²) < 4.78 is 13.2. The summed E-state index contributed by atoms with van der Waals surface area (Å²) in [4.78, 5) is 13.2. The summed E-state index contributed by atoms with van der Waals surface area (Å²) in [5.74, 6) is 0.678. The predicted octanol–water partition coefficient (Wildman–Crippen LogP) is 5.33. The van der Waals surface area contributed by atoms with E-state index in [0.717, 1.165) is 16.9 Å². The van der Waals surface area contributed by atoms with Crippen molar-refractivity contribution in [2.24, 2.45) is 5.10 Å². The first-order chi connectivity index (χ1) is 15.2. The molecule has 0 saturated heterocycles. The zero-order chi connectivity index (χ0) is 21.5. The average Bonchev–Trinajstić information content (AvgIpc) is 2.79. The van der Waals surface area contributed by atoms with Gasteiger partial charge in [0, 0.05) is 11.4 Å². The standard InChI is InChI=1S/C23H20FN7/c1-16(17-12-14-18(24)15-13-17)30-31-23-28-21(25-19-8-4-2-5-9-19)27-22(29-23)26-20-10-6-3-7-11-20/h2-15H,1H3,(H3,25,26,27,28,29,31)/b30-16+. The molecule has 3 N–H and O–H groups in total. The molecule has 31 heavy (non-hydrogen) atoms. The number of hydrazone groups is 1. The molecule has 0 amide bonds. The summed E-state index contributed by atoms with van der Waals surface area (Å²) >= 11 is 0. The van der Waals surface area contributed by atoms with E-state index in [1.807, 2.05) is 67.6 Å². The van der Waals surface area contributed by atoms with Gasteiger partial charge in [-0.25, -0.2) is 9.82 Å². The van der Waals surface area contributed by atoms with Gasteiger partial charge >= 0.3 is 0 Å². The van der Waals surface area contributed by atoms with Gasteiger partial charge in [0.25, 0.3) is 0 Å². The minimum absolute atomic E-state index is 0.258. The number of hydrogen-bond donors (Lipinski definition) is 3. The molecule has 0 unspecified atom stereocenters. The Hall–Kier alpha value is -4.33. The third kappa shape index (κ3) is 5.60. The van der Waals surface area contributed by atoms with Gasteiger partial charge in [-0.05, 0) is 48.9 Å². The van der Waals surface area contributed by atoms with Crippen LogP contribution in [0.3, 0.4) is 0 Å². The quantitative estimate of drug-likeness (QED) is 0.280. The number of rotatable bonds is 7. The molecule has 154 valence electrons. The molecule has 0 aliphatic carbocycles. The zero-order valence-corrected chi connectivity index (χ0v) is 16.7. The van der Waals surface area contributed by atoms with Crippen LogP contribution in [0.25, 0.3) is 0 Å². The minimum atomic E-state index is -0.296. The largest absolute Gasteiger partial charge is 0.324 e. The van der Waals surface area contributed by atoms with Crippen LogP contribution in [-0.2, 0) is 0 Å². The highest BCUT2D eigenvalue weighted by Crippen LogP contribution is 2.18. The normalized spacial score (nSPS) is 11.1. The molecule has 1 aromatic heterocycles. The molecule has 0 spiro atoms. The molecule has 0 saturated carbocycles. The highest BCUT2D eigenvalue weighted by molar-refractivity contribution is 5.98. The van der Waals surface area contributed by atoms with E-state index >= 15 is 0 Å². The van der Waals surface area contributed by atoms with Crippen LogP contribution in [0.2, 0.25) is 0 Å². The fraction of sp³-hybridized carbons (Fsp3) is 0.0435. The Kier molecular flexibility index (Phi) is 6.08. The molecule has 0 aliphatic heterocycles. The summed E-state index contributed by atoms with van der Waals surface area (Å²) in [6, 6.07) is 25.3. The molecule has 3 aromatic carbocycles. The van der Waals surface area contributed by atoms with Crippen LogP contribution in [0.15, 0.2) is 90.0 Å². The molecule has 0 atom stereocenters. The second kappa shape index (κ2) is 9.45. The van der Waals surface area contributed by atoms with Crippen molar-refractivity contribution < 1.29 is 4.39 Å². The smallest absolute Gasteiger partial charge is 0.250 e. The molecule has 1 heterocycles. The van der Waals surface area contributed by atoms with Gasteiger partial charge < -0.3 is 10.6 Å². The molecule has 0 radical (unpaired) electrons. The fourth-order valence-corrected chi connectivity index (χ4v) is 2.73. The SMILES string of the molecule is C/C(=N\Nc1nc(Nc2ccccc2)nc(Nc2ccccc2)n1)c1ccc(F)cc1. The van der Waals surface area contributed by atoms with Gasteiger partial charge in [-0.1, -0.05) is 48.5 Å². The molecule has 4 rings (SSSR count). The van der Waals surface area contributed by atoms with Crippen LogP contribution < -0.4 is 16.1 Å². The van der Waals surface area contributed by atoms with Crippen LogP contribution in [0.1, 0.15) is 12.5 Å². The van der Waals surface area contributed by atoms with Crippen molar-refractivity contribution in [2.45, 2.75) is 6.92 Å². The molecule has 0 bridgehead atoms. The summed E-state index contributed by atoms with van der Waals surface area (Å²) in [7, 11) is 0. The molecule has 0 aliphatic rings. The summed E-state index contributed by atoms with van der Waals surface area (Å²) in [5.41, 5.74) is 6.00. The van der Waals surface area contributed by atoms with E-state index < -0.39 is 0 Å². The topological polar surface area (TPSA) is 87.1 Å². The van der Waals surface area contributed by atoms with Crippen molar-refractivity contribution >= 4 is 34.9 Å². The number of halogens is 1. The van der Waals surface area contributed by atoms with Crippen molar-refractivity contribution in [3.8, 4) is 0 Å². The van der Waals surface area contributed by atoms with Crippen LogP contribution in [0, 0.1) is 5.82 Å². The monoisotopic (exact) mass is 413 g/mol. The lowest BCUT2D eigenvalue weighted by molar-refractivity contribution is 0.628. The van der Waals surface area contributed by atoms with Crippen LogP contribution >= 0.6 is 0 Å². The van der Waals surface area contributed by atoms with Gasteiger partial charge in [-0.3, -0.25) is 0 Å². The maximum absolute atomic E-state index is 13.2. The lowest BCUT2D eigenvalue weighted by Crippen LogP contribution is -2.08. The number of aromatic nitrogens is 3. The number of para-hydroxylation sites is 2. The molecular formula is C23H20FN7. The lowest BCUT2D eigenvalue weighted by atomic mass is 10.1. The molecule has 8 heteroatoms. The highest BCUT2D eigenvalue weighted by Gasteiger charge is 2.08. The average molecular weight is 413 g/mol. The van der Waals surface area contributed by atoms with Crippen LogP contribution in [0.5, 0.6) is 0 Å². The number of nitrogens with zero attached hydrogens (tertiary/aromatic N) is 4. The maximum atomic E-state index is 13.2. The molecule has 4 aromatic rings. The van der Waals surface area contributed by atoms with E-state index in [-0.39, 0.29) is 11.8 Å². The fourth-order valence-electron chi connectivity index (χ4n) is 2.73. The van der Waals surface area contributed by atoms with E-state index in [9.17, 15) is 4.39 Å². The highest BCUT2D eigenvalue weighted by atomic mass is 19.1. The van der Waals surface area contributed by atoms with E-state index in [2.05, 4.69) is 36.1 Å². The van der Waals surface area contributed by atoms with E-state index in [1.165, 1.54) is 12.1 Å². The number of hydrogen-bond acceptors (Lipinski definition) is 7. The second-order valence-corrected chi connectivity index (χ2v) is 6.60. The van der Waals surface area contributed by atoms with Crippen LogP contribution in [-0.4, -0.2) is 20.7 Å². The number of nitrogens with one attached hydrogen (secondary N) is 3. The van der Waals surface area contributed by atoms with Gasteiger partial charge in [0.15, 0.2) is 0 Å². The van der Waals surface area contributed by atoms with Gasteiger partial charge in [0.2, 0.25) is 17.8 Å². The van der Waals surface area contributed by atoms with Crippen molar-refractivity contribution in [2.75, 3.05) is 16.1 Å². The Bertz CT molecular complexity index is 1100. The summed E-state index contributed by atoms with van der Waals surface area (Å²) in [5, 5.41) is 10.7. The summed E-state index contributed by atoms with van der Waals surface area (Å²) in [6.07, 6.45) is 0. The third-order valence-corrected chi connectivity index (χ3v) is 4.28. The number of anilines is 5. The first-order valence-electron chi connectivity index (χ1n) is 9.62. The second-order valence-electron chi connectivity index (χ2n) is 6.60. The van der Waals surface area contributed by atoms with Crippen molar-refractivity contribution in [3.05, 3.63) is 96.3 Å². The first-order valence-corrected chi connectivity index (χ1v) is 9.62. The Labute approximate surface area is 179 Å². The van der Waals surface area contributed by atoms with E-state index in [1.54, 1.807) is 12.1 Å². The van der Waals surface area contributed by atoms with Gasteiger partial charge in [0.1, 0.15) is 5.82 Å². The van der Waals surface area contributed by atoms with E-state index in [4.69, 9.17) is 0 Å². The summed E-state index contributed by atoms with van der Waals surface area (Å²) in [6.45, 7) is 1.81. The minimum Gasteiger partial charge on any atom is -0.324 e. The zero-order valence-electron chi connectivity index (χ0n) is 16.7.